The highest BCUT2D eigenvalue weighted by Crippen LogP contribution is 2.36. The summed E-state index contributed by atoms with van der Waals surface area (Å²) in [6.07, 6.45) is 3.54. The highest BCUT2D eigenvalue weighted by atomic mass is 16.5. The maximum absolute atomic E-state index is 12.5. The molecule has 0 aliphatic carbocycles. The monoisotopic (exact) mass is 416 g/mol. The van der Waals surface area contributed by atoms with Gasteiger partial charge in [0.2, 0.25) is 0 Å². The molecule has 1 unspecified atom stereocenters. The molecule has 6 nitrogen and oxygen atoms in total. The van der Waals surface area contributed by atoms with Crippen molar-refractivity contribution in [3.05, 3.63) is 78.5 Å². The third-order valence-corrected chi connectivity index (χ3v) is 5.38. The maximum atomic E-state index is 12.5. The Hall–Kier alpha value is -3.54. The standard InChI is InChI=1S/C25H28N4O2/c1-2-21(19-9-4-3-5-10-19)28-20-12-13-22-23(17-20)31-18-25(30)29(22)16-8-15-27-24-11-6-7-14-26-24/h3-7,9-14,17,21,28H,2,8,15-16,18H2,1H3,(H,26,27). The number of rotatable bonds is 9. The Morgan fingerprint density at radius 2 is 1.94 bits per heavy atom. The van der Waals surface area contributed by atoms with Crippen molar-refractivity contribution in [1.82, 2.24) is 4.98 Å². The molecule has 1 aliphatic heterocycles. The van der Waals surface area contributed by atoms with Crippen molar-refractivity contribution >= 4 is 23.1 Å². The van der Waals surface area contributed by atoms with Crippen molar-refractivity contribution in [2.75, 3.05) is 35.2 Å². The first-order chi connectivity index (χ1) is 15.2. The molecule has 2 aromatic carbocycles. The van der Waals surface area contributed by atoms with E-state index in [0.29, 0.717) is 6.54 Å². The van der Waals surface area contributed by atoms with E-state index < -0.39 is 0 Å². The van der Waals surface area contributed by atoms with Crippen molar-refractivity contribution < 1.29 is 9.53 Å². The predicted octanol–water partition coefficient (Wildman–Crippen LogP) is 4.87. The van der Waals surface area contributed by atoms with Crippen LogP contribution >= 0.6 is 0 Å². The van der Waals surface area contributed by atoms with E-state index >= 15 is 0 Å². The van der Waals surface area contributed by atoms with Crippen molar-refractivity contribution in [2.45, 2.75) is 25.8 Å². The molecule has 1 atom stereocenters. The van der Waals surface area contributed by atoms with Crippen molar-refractivity contribution in [3.63, 3.8) is 0 Å². The lowest BCUT2D eigenvalue weighted by Crippen LogP contribution is -2.39. The lowest BCUT2D eigenvalue weighted by Gasteiger charge is -2.30. The maximum Gasteiger partial charge on any atom is 0.265 e. The molecule has 4 rings (SSSR count). The number of benzene rings is 2. The third-order valence-electron chi connectivity index (χ3n) is 5.38. The van der Waals surface area contributed by atoms with Crippen LogP contribution in [0.15, 0.2) is 72.9 Å². The fourth-order valence-corrected chi connectivity index (χ4v) is 3.77. The van der Waals surface area contributed by atoms with Gasteiger partial charge in [-0.1, -0.05) is 43.3 Å². The van der Waals surface area contributed by atoms with Gasteiger partial charge >= 0.3 is 0 Å². The fourth-order valence-electron chi connectivity index (χ4n) is 3.77. The summed E-state index contributed by atoms with van der Waals surface area (Å²) in [4.78, 5) is 18.5. The Morgan fingerprint density at radius 3 is 2.71 bits per heavy atom. The number of anilines is 3. The normalized spacial score (nSPS) is 13.8. The van der Waals surface area contributed by atoms with Gasteiger partial charge in [0.15, 0.2) is 6.61 Å². The van der Waals surface area contributed by atoms with Crippen LogP contribution in [-0.4, -0.2) is 30.6 Å². The Balaban J connectivity index is 1.40. The number of amides is 1. The number of carbonyl (C=O) groups excluding carboxylic acids is 1. The number of hydrogen-bond donors (Lipinski definition) is 2. The molecule has 3 aromatic rings. The molecule has 6 heteroatoms. The van der Waals surface area contributed by atoms with E-state index in [2.05, 4.69) is 46.8 Å². The summed E-state index contributed by atoms with van der Waals surface area (Å²) in [6.45, 7) is 3.61. The Morgan fingerprint density at radius 1 is 1.10 bits per heavy atom. The highest BCUT2D eigenvalue weighted by Gasteiger charge is 2.25. The average Bonchev–Trinajstić information content (AvgIpc) is 2.82. The third kappa shape index (κ3) is 5.15. The van der Waals surface area contributed by atoms with E-state index in [0.717, 1.165) is 42.3 Å². The first-order valence-corrected chi connectivity index (χ1v) is 10.8. The van der Waals surface area contributed by atoms with Gasteiger partial charge in [-0.25, -0.2) is 4.98 Å². The van der Waals surface area contributed by atoms with Crippen LogP contribution < -0.4 is 20.3 Å². The van der Waals surface area contributed by atoms with Crippen LogP contribution in [0.25, 0.3) is 0 Å². The summed E-state index contributed by atoms with van der Waals surface area (Å²) in [7, 11) is 0. The summed E-state index contributed by atoms with van der Waals surface area (Å²) in [5, 5.41) is 6.88. The largest absolute Gasteiger partial charge is 0.481 e. The van der Waals surface area contributed by atoms with Crippen LogP contribution in [0.5, 0.6) is 5.75 Å². The minimum Gasteiger partial charge on any atom is -0.481 e. The Kier molecular flexibility index (Phi) is 6.67. The van der Waals surface area contributed by atoms with E-state index in [1.165, 1.54) is 5.56 Å². The van der Waals surface area contributed by atoms with Crippen LogP contribution in [0.1, 0.15) is 31.4 Å². The minimum absolute atomic E-state index is 0.0123. The van der Waals surface area contributed by atoms with Gasteiger partial charge in [0.05, 0.1) is 11.7 Å². The second kappa shape index (κ2) is 9.98. The topological polar surface area (TPSA) is 66.5 Å². The molecule has 2 heterocycles. The van der Waals surface area contributed by atoms with Crippen molar-refractivity contribution in [2.24, 2.45) is 0 Å². The van der Waals surface area contributed by atoms with Gasteiger partial charge in [-0.05, 0) is 42.7 Å². The molecule has 1 aromatic heterocycles. The second-order valence-corrected chi connectivity index (χ2v) is 7.53. The second-order valence-electron chi connectivity index (χ2n) is 7.53. The van der Waals surface area contributed by atoms with Crippen LogP contribution in [0.4, 0.5) is 17.2 Å². The molecule has 0 spiro atoms. The molecular weight excluding hydrogens is 388 g/mol. The first kappa shape index (κ1) is 20.7. The number of nitrogens with zero attached hydrogens (tertiary/aromatic N) is 2. The fraction of sp³-hybridized carbons (Fsp3) is 0.280. The van der Waals surface area contributed by atoms with E-state index in [1.54, 1.807) is 6.20 Å². The van der Waals surface area contributed by atoms with Gasteiger partial charge in [0.25, 0.3) is 5.91 Å². The molecule has 1 amide bonds. The number of aromatic nitrogens is 1. The molecule has 0 radical (unpaired) electrons. The van der Waals surface area contributed by atoms with Crippen molar-refractivity contribution in [3.8, 4) is 5.75 Å². The summed E-state index contributed by atoms with van der Waals surface area (Å²) >= 11 is 0. The number of pyridine rings is 1. The molecule has 31 heavy (non-hydrogen) atoms. The van der Waals surface area contributed by atoms with Crippen LogP contribution in [0, 0.1) is 0 Å². The van der Waals surface area contributed by atoms with Gasteiger partial charge in [-0.2, -0.15) is 0 Å². The highest BCUT2D eigenvalue weighted by molar-refractivity contribution is 5.98. The van der Waals surface area contributed by atoms with Crippen LogP contribution in [0.3, 0.4) is 0 Å². The molecule has 0 saturated heterocycles. The lowest BCUT2D eigenvalue weighted by atomic mass is 10.0. The molecular formula is C25H28N4O2. The van der Waals surface area contributed by atoms with E-state index in [1.807, 2.05) is 47.4 Å². The minimum atomic E-state index is -0.0123. The van der Waals surface area contributed by atoms with E-state index in [-0.39, 0.29) is 18.6 Å². The summed E-state index contributed by atoms with van der Waals surface area (Å²) in [5.41, 5.74) is 3.06. The number of hydrogen-bond acceptors (Lipinski definition) is 5. The smallest absolute Gasteiger partial charge is 0.265 e. The number of carbonyl (C=O) groups is 1. The van der Waals surface area contributed by atoms with Gasteiger partial charge in [-0.15, -0.1) is 0 Å². The van der Waals surface area contributed by atoms with E-state index in [4.69, 9.17) is 4.74 Å². The first-order valence-electron chi connectivity index (χ1n) is 10.8. The van der Waals surface area contributed by atoms with Gasteiger partial charge in [0.1, 0.15) is 11.6 Å². The average molecular weight is 417 g/mol. The Labute approximate surface area is 183 Å². The molecule has 0 fully saturated rings. The quantitative estimate of drug-likeness (QED) is 0.487. The molecule has 2 N–H and O–H groups in total. The van der Waals surface area contributed by atoms with Gasteiger partial charge < -0.3 is 20.3 Å². The van der Waals surface area contributed by atoms with Crippen LogP contribution in [-0.2, 0) is 4.79 Å². The molecule has 160 valence electrons. The zero-order valence-electron chi connectivity index (χ0n) is 17.8. The summed E-state index contributed by atoms with van der Waals surface area (Å²) < 4.78 is 5.75. The SMILES string of the molecule is CCC(Nc1ccc2c(c1)OCC(=O)N2CCCNc1ccccn1)c1ccccc1. The van der Waals surface area contributed by atoms with Crippen LogP contribution in [0.2, 0.25) is 0 Å². The number of fused-ring (bicyclic) bond motifs is 1. The number of nitrogens with one attached hydrogen (secondary N) is 2. The van der Waals surface area contributed by atoms with Gasteiger partial charge in [-0.3, -0.25) is 4.79 Å². The molecule has 1 aliphatic rings. The predicted molar refractivity (Wildman–Crippen MR) is 125 cm³/mol. The summed E-state index contributed by atoms with van der Waals surface area (Å²) in [6, 6.07) is 22.4. The van der Waals surface area contributed by atoms with Gasteiger partial charge in [0, 0.05) is 31.0 Å². The zero-order valence-corrected chi connectivity index (χ0v) is 17.8. The molecule has 0 saturated carbocycles. The lowest BCUT2D eigenvalue weighted by molar-refractivity contribution is -0.121. The summed E-state index contributed by atoms with van der Waals surface area (Å²) in [5.74, 6) is 1.57. The van der Waals surface area contributed by atoms with E-state index in [9.17, 15) is 4.79 Å². The van der Waals surface area contributed by atoms with Crippen molar-refractivity contribution in [1.29, 1.82) is 0 Å². The Bertz CT molecular complexity index is 995. The molecule has 0 bridgehead atoms. The number of ether oxygens (including phenoxy) is 1. The zero-order chi connectivity index (χ0) is 21.5.